The molecule has 1 aliphatic heterocycles. The molecule has 0 N–H and O–H groups in total. The summed E-state index contributed by atoms with van der Waals surface area (Å²) in [5.74, 6) is 0. The zero-order valence-electron chi connectivity index (χ0n) is 9.99. The van der Waals surface area contributed by atoms with E-state index in [1.807, 2.05) is 6.07 Å². The van der Waals surface area contributed by atoms with Crippen LogP contribution in [0.5, 0.6) is 0 Å². The Labute approximate surface area is 112 Å². The first-order chi connectivity index (χ1) is 8.20. The van der Waals surface area contributed by atoms with Crippen LogP contribution in [0.1, 0.15) is 31.9 Å². The number of likely N-dealkylation sites (tertiary alicyclic amines) is 1. The molecule has 3 nitrogen and oxygen atoms in total. The van der Waals surface area contributed by atoms with E-state index in [4.69, 9.17) is 23.2 Å². The SMILES string of the molecule is CCN1CCCCC1Cc1cc(Cl)c(Cl)nn1. The van der Waals surface area contributed by atoms with Crippen molar-refractivity contribution in [1.82, 2.24) is 15.1 Å². The zero-order valence-corrected chi connectivity index (χ0v) is 11.5. The monoisotopic (exact) mass is 273 g/mol. The van der Waals surface area contributed by atoms with E-state index < -0.39 is 0 Å². The lowest BCUT2D eigenvalue weighted by Crippen LogP contribution is -2.40. The van der Waals surface area contributed by atoms with Crippen molar-refractivity contribution in [2.45, 2.75) is 38.6 Å². The van der Waals surface area contributed by atoms with Crippen LogP contribution in [0.3, 0.4) is 0 Å². The third-order valence-corrected chi connectivity index (χ3v) is 4.02. The Morgan fingerprint density at radius 1 is 1.35 bits per heavy atom. The Morgan fingerprint density at radius 3 is 2.88 bits per heavy atom. The van der Waals surface area contributed by atoms with Gasteiger partial charge in [-0.25, -0.2) is 0 Å². The van der Waals surface area contributed by atoms with E-state index in [2.05, 4.69) is 22.0 Å². The molecule has 0 aliphatic carbocycles. The third kappa shape index (κ3) is 3.30. The largest absolute Gasteiger partial charge is 0.300 e. The van der Waals surface area contributed by atoms with E-state index in [-0.39, 0.29) is 5.15 Å². The summed E-state index contributed by atoms with van der Waals surface area (Å²) in [5, 5.41) is 8.75. The summed E-state index contributed by atoms with van der Waals surface area (Å²) in [6, 6.07) is 2.40. The quantitative estimate of drug-likeness (QED) is 0.847. The smallest absolute Gasteiger partial charge is 0.170 e. The minimum Gasteiger partial charge on any atom is -0.300 e. The number of hydrogen-bond donors (Lipinski definition) is 0. The lowest BCUT2D eigenvalue weighted by Gasteiger charge is -2.34. The fraction of sp³-hybridized carbons (Fsp3) is 0.667. The molecule has 0 spiro atoms. The number of halogens is 2. The highest BCUT2D eigenvalue weighted by atomic mass is 35.5. The molecule has 1 aliphatic rings. The predicted molar refractivity (Wildman–Crippen MR) is 70.6 cm³/mol. The molecule has 0 saturated carbocycles. The number of hydrogen-bond acceptors (Lipinski definition) is 3. The summed E-state index contributed by atoms with van der Waals surface area (Å²) >= 11 is 11.7. The van der Waals surface area contributed by atoms with Crippen LogP contribution in [0.15, 0.2) is 6.07 Å². The second kappa shape index (κ2) is 5.98. The summed E-state index contributed by atoms with van der Waals surface area (Å²) in [4.78, 5) is 2.51. The van der Waals surface area contributed by atoms with E-state index in [1.54, 1.807) is 0 Å². The van der Waals surface area contributed by atoms with Crippen LogP contribution in [-0.4, -0.2) is 34.2 Å². The van der Waals surface area contributed by atoms with Gasteiger partial charge < -0.3 is 4.90 Å². The first-order valence-electron chi connectivity index (χ1n) is 6.12. The van der Waals surface area contributed by atoms with Crippen LogP contribution in [0, 0.1) is 0 Å². The number of rotatable bonds is 3. The van der Waals surface area contributed by atoms with Gasteiger partial charge >= 0.3 is 0 Å². The molecular formula is C12H17Cl2N3. The summed E-state index contributed by atoms with van der Waals surface area (Å²) in [6.45, 7) is 4.49. The maximum absolute atomic E-state index is 5.95. The zero-order chi connectivity index (χ0) is 12.3. The van der Waals surface area contributed by atoms with Crippen molar-refractivity contribution in [1.29, 1.82) is 0 Å². The fourth-order valence-electron chi connectivity index (χ4n) is 2.44. The molecule has 1 aromatic heterocycles. The molecular weight excluding hydrogens is 257 g/mol. The normalized spacial score (nSPS) is 21.7. The lowest BCUT2D eigenvalue weighted by atomic mass is 9.98. The van der Waals surface area contributed by atoms with Crippen LogP contribution in [0.4, 0.5) is 0 Å². The van der Waals surface area contributed by atoms with E-state index in [9.17, 15) is 0 Å². The molecule has 1 fully saturated rings. The number of piperidine rings is 1. The lowest BCUT2D eigenvalue weighted by molar-refractivity contribution is 0.154. The molecule has 0 amide bonds. The van der Waals surface area contributed by atoms with E-state index in [0.29, 0.717) is 11.1 Å². The van der Waals surface area contributed by atoms with Gasteiger partial charge in [0.1, 0.15) is 0 Å². The first kappa shape index (κ1) is 13.1. The van der Waals surface area contributed by atoms with Crippen molar-refractivity contribution >= 4 is 23.2 Å². The van der Waals surface area contributed by atoms with E-state index >= 15 is 0 Å². The Bertz CT molecular complexity index is 384. The van der Waals surface area contributed by atoms with Gasteiger partial charge in [0.25, 0.3) is 0 Å². The average molecular weight is 274 g/mol. The Balaban J connectivity index is 2.05. The highest BCUT2D eigenvalue weighted by Crippen LogP contribution is 2.22. The van der Waals surface area contributed by atoms with Crippen LogP contribution in [0.2, 0.25) is 10.2 Å². The van der Waals surface area contributed by atoms with Gasteiger partial charge in [0, 0.05) is 12.5 Å². The molecule has 17 heavy (non-hydrogen) atoms. The Kier molecular flexibility index (Phi) is 4.60. The fourth-order valence-corrected chi connectivity index (χ4v) is 2.70. The molecule has 0 aromatic carbocycles. The highest BCUT2D eigenvalue weighted by Gasteiger charge is 2.21. The van der Waals surface area contributed by atoms with Crippen molar-refractivity contribution in [2.24, 2.45) is 0 Å². The van der Waals surface area contributed by atoms with Crippen molar-refractivity contribution in [2.75, 3.05) is 13.1 Å². The van der Waals surface area contributed by atoms with Crippen LogP contribution >= 0.6 is 23.2 Å². The van der Waals surface area contributed by atoms with Crippen molar-refractivity contribution in [3.05, 3.63) is 21.9 Å². The summed E-state index contributed by atoms with van der Waals surface area (Å²) in [5.41, 5.74) is 0.935. The molecule has 5 heteroatoms. The van der Waals surface area contributed by atoms with Gasteiger partial charge in [0.15, 0.2) is 5.15 Å². The van der Waals surface area contributed by atoms with Crippen LogP contribution in [-0.2, 0) is 6.42 Å². The number of likely N-dealkylation sites (N-methyl/N-ethyl adjacent to an activating group) is 1. The van der Waals surface area contributed by atoms with Gasteiger partial charge in [-0.15, -0.1) is 5.10 Å². The molecule has 1 aromatic rings. The first-order valence-corrected chi connectivity index (χ1v) is 6.88. The number of aromatic nitrogens is 2. The van der Waals surface area contributed by atoms with E-state index in [1.165, 1.54) is 25.8 Å². The summed E-state index contributed by atoms with van der Waals surface area (Å²) < 4.78 is 0. The van der Waals surface area contributed by atoms with Gasteiger partial charge in [-0.1, -0.05) is 36.5 Å². The Hall–Kier alpha value is -0.380. The topological polar surface area (TPSA) is 29.0 Å². The standard InChI is InChI=1S/C12H17Cl2N3/c1-2-17-6-4-3-5-10(17)7-9-8-11(13)12(14)16-15-9/h8,10H,2-7H2,1H3. The maximum Gasteiger partial charge on any atom is 0.170 e. The van der Waals surface area contributed by atoms with Crippen molar-refractivity contribution in [3.63, 3.8) is 0 Å². The van der Waals surface area contributed by atoms with Gasteiger partial charge in [-0.3, -0.25) is 0 Å². The predicted octanol–water partition coefficient (Wildman–Crippen LogP) is 3.20. The van der Waals surface area contributed by atoms with Crippen LogP contribution < -0.4 is 0 Å². The molecule has 0 bridgehead atoms. The van der Waals surface area contributed by atoms with E-state index in [0.717, 1.165) is 18.7 Å². The van der Waals surface area contributed by atoms with Gasteiger partial charge in [0.05, 0.1) is 10.7 Å². The molecule has 1 atom stereocenters. The highest BCUT2D eigenvalue weighted by molar-refractivity contribution is 6.41. The summed E-state index contributed by atoms with van der Waals surface area (Å²) in [6.07, 6.45) is 4.75. The minimum atomic E-state index is 0.284. The van der Waals surface area contributed by atoms with Crippen LogP contribution in [0.25, 0.3) is 0 Å². The van der Waals surface area contributed by atoms with Gasteiger partial charge in [-0.05, 0) is 32.0 Å². The summed E-state index contributed by atoms with van der Waals surface area (Å²) in [7, 11) is 0. The molecule has 2 heterocycles. The minimum absolute atomic E-state index is 0.284. The second-order valence-corrected chi connectivity index (χ2v) is 5.22. The number of nitrogens with zero attached hydrogens (tertiary/aromatic N) is 3. The Morgan fingerprint density at radius 2 is 2.18 bits per heavy atom. The van der Waals surface area contributed by atoms with Gasteiger partial charge in [-0.2, -0.15) is 5.10 Å². The molecule has 94 valence electrons. The molecule has 0 radical (unpaired) electrons. The maximum atomic E-state index is 5.95. The second-order valence-electron chi connectivity index (χ2n) is 4.46. The van der Waals surface area contributed by atoms with Crippen molar-refractivity contribution in [3.8, 4) is 0 Å². The van der Waals surface area contributed by atoms with Crippen molar-refractivity contribution < 1.29 is 0 Å². The average Bonchev–Trinajstić information content (AvgIpc) is 2.34. The van der Waals surface area contributed by atoms with Gasteiger partial charge in [0.2, 0.25) is 0 Å². The molecule has 1 saturated heterocycles. The molecule has 2 rings (SSSR count). The molecule has 1 unspecified atom stereocenters. The third-order valence-electron chi connectivity index (χ3n) is 3.36.